The van der Waals surface area contributed by atoms with Crippen LogP contribution in [0.15, 0.2) is 11.1 Å². The maximum Gasteiger partial charge on any atom is 0.256 e. The summed E-state index contributed by atoms with van der Waals surface area (Å²) in [6.07, 6.45) is 0.568. The second-order valence-corrected chi connectivity index (χ2v) is 2.87. The zero-order chi connectivity index (χ0) is 9.30. The first-order valence-electron chi connectivity index (χ1n) is 3.92. The van der Waals surface area contributed by atoms with Crippen molar-refractivity contribution in [2.24, 2.45) is 0 Å². The molecule has 0 fully saturated rings. The summed E-state index contributed by atoms with van der Waals surface area (Å²) in [5, 5.41) is 0. The molecule has 0 atom stereocenters. The van der Waals surface area contributed by atoms with E-state index in [0.29, 0.717) is 24.1 Å². The Morgan fingerprint density at radius 3 is 1.92 bits per heavy atom. The topological polar surface area (TPSA) is 37.4 Å². The van der Waals surface area contributed by atoms with Gasteiger partial charge in [0.1, 0.15) is 0 Å². The molecule has 0 aromatic rings. The zero-order valence-electron chi connectivity index (χ0n) is 7.39. The lowest BCUT2D eigenvalue weighted by Gasteiger charge is -2.12. The SMILES string of the molecule is [CH2]CCN1C(=O)C(C)=C(C)C1=O. The summed E-state index contributed by atoms with van der Waals surface area (Å²) in [7, 11) is 0. The van der Waals surface area contributed by atoms with Gasteiger partial charge in [-0.25, -0.2) is 0 Å². The number of hydrogen-bond acceptors (Lipinski definition) is 2. The lowest BCUT2D eigenvalue weighted by molar-refractivity contribution is -0.137. The van der Waals surface area contributed by atoms with Gasteiger partial charge >= 0.3 is 0 Å². The molecule has 1 aliphatic rings. The Balaban J connectivity index is 2.88. The van der Waals surface area contributed by atoms with Gasteiger partial charge in [0.05, 0.1) is 0 Å². The third kappa shape index (κ3) is 1.15. The molecule has 1 radical (unpaired) electrons. The van der Waals surface area contributed by atoms with E-state index in [1.165, 1.54) is 4.90 Å². The molecule has 2 amide bonds. The molecule has 0 unspecified atom stereocenters. The molecule has 0 aromatic heterocycles. The van der Waals surface area contributed by atoms with E-state index in [4.69, 9.17) is 0 Å². The van der Waals surface area contributed by atoms with E-state index in [1.54, 1.807) is 13.8 Å². The molecule has 3 heteroatoms. The van der Waals surface area contributed by atoms with Crippen molar-refractivity contribution in [2.45, 2.75) is 20.3 Å². The van der Waals surface area contributed by atoms with Crippen LogP contribution in [0, 0.1) is 6.92 Å². The molecule has 1 rings (SSSR count). The van der Waals surface area contributed by atoms with Crippen molar-refractivity contribution in [3.05, 3.63) is 18.1 Å². The molecule has 65 valence electrons. The van der Waals surface area contributed by atoms with E-state index >= 15 is 0 Å². The molecule has 0 aliphatic carbocycles. The first kappa shape index (κ1) is 8.97. The second kappa shape index (κ2) is 3.09. The van der Waals surface area contributed by atoms with Gasteiger partial charge in [-0.3, -0.25) is 14.5 Å². The maximum absolute atomic E-state index is 11.3. The van der Waals surface area contributed by atoms with Gasteiger partial charge in [0.25, 0.3) is 11.8 Å². The number of rotatable bonds is 2. The smallest absolute Gasteiger partial charge is 0.256 e. The van der Waals surface area contributed by atoms with Crippen molar-refractivity contribution in [2.75, 3.05) is 6.54 Å². The number of imide groups is 1. The quantitative estimate of drug-likeness (QED) is 0.572. The van der Waals surface area contributed by atoms with Crippen molar-refractivity contribution in [3.8, 4) is 0 Å². The Hall–Kier alpha value is -1.12. The first-order chi connectivity index (χ1) is 5.59. The Labute approximate surface area is 72.0 Å². The van der Waals surface area contributed by atoms with Gasteiger partial charge in [-0.15, -0.1) is 0 Å². The molecular formula is C9H12NO2. The predicted octanol–water partition coefficient (Wildman–Crippen LogP) is 0.916. The minimum Gasteiger partial charge on any atom is -0.275 e. The third-order valence-electron chi connectivity index (χ3n) is 2.08. The first-order valence-corrected chi connectivity index (χ1v) is 3.92. The van der Waals surface area contributed by atoms with Gasteiger partial charge in [-0.1, -0.05) is 6.92 Å². The number of hydrogen-bond donors (Lipinski definition) is 0. The molecule has 0 aromatic carbocycles. The number of nitrogens with zero attached hydrogens (tertiary/aromatic N) is 1. The normalized spacial score (nSPS) is 18.1. The highest BCUT2D eigenvalue weighted by molar-refractivity contribution is 6.18. The minimum atomic E-state index is -0.166. The van der Waals surface area contributed by atoms with Crippen molar-refractivity contribution in [1.82, 2.24) is 4.90 Å². The van der Waals surface area contributed by atoms with Gasteiger partial charge < -0.3 is 0 Å². The largest absolute Gasteiger partial charge is 0.275 e. The fourth-order valence-electron chi connectivity index (χ4n) is 1.18. The van der Waals surface area contributed by atoms with Gasteiger partial charge in [0, 0.05) is 17.7 Å². The van der Waals surface area contributed by atoms with E-state index in [-0.39, 0.29) is 11.8 Å². The average Bonchev–Trinajstić information content (AvgIpc) is 2.23. The number of carbonyl (C=O) groups excluding carboxylic acids is 2. The van der Waals surface area contributed by atoms with E-state index in [2.05, 4.69) is 6.92 Å². The highest BCUT2D eigenvalue weighted by atomic mass is 16.2. The Kier molecular flexibility index (Phi) is 2.31. The van der Waals surface area contributed by atoms with E-state index in [1.807, 2.05) is 0 Å². The molecule has 0 saturated carbocycles. The maximum atomic E-state index is 11.3. The molecule has 3 nitrogen and oxygen atoms in total. The lowest BCUT2D eigenvalue weighted by Crippen LogP contribution is -2.32. The summed E-state index contributed by atoms with van der Waals surface area (Å²) >= 11 is 0. The fraction of sp³-hybridized carbons (Fsp3) is 0.444. The summed E-state index contributed by atoms with van der Waals surface area (Å²) in [6.45, 7) is 7.38. The lowest BCUT2D eigenvalue weighted by atomic mass is 10.2. The summed E-state index contributed by atoms with van der Waals surface area (Å²) in [4.78, 5) is 23.9. The predicted molar refractivity (Wildman–Crippen MR) is 45.1 cm³/mol. The van der Waals surface area contributed by atoms with Gasteiger partial charge in [0.15, 0.2) is 0 Å². The van der Waals surface area contributed by atoms with Crippen molar-refractivity contribution in [1.29, 1.82) is 0 Å². The van der Waals surface area contributed by atoms with Crippen LogP contribution in [0.25, 0.3) is 0 Å². The zero-order valence-corrected chi connectivity index (χ0v) is 7.39. The summed E-state index contributed by atoms with van der Waals surface area (Å²) in [5.74, 6) is -0.331. The Morgan fingerprint density at radius 1 is 1.17 bits per heavy atom. The monoisotopic (exact) mass is 166 g/mol. The summed E-state index contributed by atoms with van der Waals surface area (Å²) in [6, 6.07) is 0. The van der Waals surface area contributed by atoms with Crippen molar-refractivity contribution < 1.29 is 9.59 Å². The molecule has 0 bridgehead atoms. The third-order valence-corrected chi connectivity index (χ3v) is 2.08. The van der Waals surface area contributed by atoms with Crippen LogP contribution in [0.4, 0.5) is 0 Å². The van der Waals surface area contributed by atoms with Crippen molar-refractivity contribution in [3.63, 3.8) is 0 Å². The molecule has 0 spiro atoms. The van der Waals surface area contributed by atoms with Gasteiger partial charge in [-0.2, -0.15) is 0 Å². The Morgan fingerprint density at radius 2 is 1.58 bits per heavy atom. The molecule has 0 N–H and O–H groups in total. The molecule has 1 heterocycles. The van der Waals surface area contributed by atoms with E-state index in [0.717, 1.165) is 0 Å². The Bertz CT molecular complexity index is 242. The van der Waals surface area contributed by atoms with Crippen LogP contribution in [0.2, 0.25) is 0 Å². The van der Waals surface area contributed by atoms with Crippen molar-refractivity contribution >= 4 is 11.8 Å². The van der Waals surface area contributed by atoms with Crippen LogP contribution in [0.5, 0.6) is 0 Å². The number of carbonyl (C=O) groups is 2. The fourth-order valence-corrected chi connectivity index (χ4v) is 1.18. The van der Waals surface area contributed by atoms with Crippen LogP contribution in [-0.2, 0) is 9.59 Å². The summed E-state index contributed by atoms with van der Waals surface area (Å²) in [5.41, 5.74) is 1.13. The molecule has 1 aliphatic heterocycles. The summed E-state index contributed by atoms with van der Waals surface area (Å²) < 4.78 is 0. The molecular weight excluding hydrogens is 154 g/mol. The average molecular weight is 166 g/mol. The van der Waals surface area contributed by atoms with Gasteiger partial charge in [0.2, 0.25) is 0 Å². The minimum absolute atomic E-state index is 0.166. The van der Waals surface area contributed by atoms with Crippen LogP contribution in [-0.4, -0.2) is 23.3 Å². The van der Waals surface area contributed by atoms with E-state index in [9.17, 15) is 9.59 Å². The van der Waals surface area contributed by atoms with Crippen LogP contribution in [0.1, 0.15) is 20.3 Å². The second-order valence-electron chi connectivity index (χ2n) is 2.87. The highest BCUT2D eigenvalue weighted by Crippen LogP contribution is 2.19. The molecule has 0 saturated heterocycles. The van der Waals surface area contributed by atoms with E-state index < -0.39 is 0 Å². The van der Waals surface area contributed by atoms with Crippen LogP contribution < -0.4 is 0 Å². The highest BCUT2D eigenvalue weighted by Gasteiger charge is 2.32. The van der Waals surface area contributed by atoms with Crippen LogP contribution >= 0.6 is 0 Å². The molecule has 12 heavy (non-hydrogen) atoms. The van der Waals surface area contributed by atoms with Gasteiger partial charge in [-0.05, 0) is 20.3 Å². The van der Waals surface area contributed by atoms with Crippen LogP contribution in [0.3, 0.4) is 0 Å². The number of amides is 2. The standard InChI is InChI=1S/C9H12NO2/c1-4-5-10-8(11)6(2)7(3)9(10)12/h1,4-5H2,2-3H3.